The Hall–Kier alpha value is -2.36. The summed E-state index contributed by atoms with van der Waals surface area (Å²) in [6, 6.07) is 13.6. The molecule has 1 heterocycles. The summed E-state index contributed by atoms with van der Waals surface area (Å²) in [6.07, 6.45) is 0.804. The number of aromatic nitrogens is 1. The SMILES string of the molecule is CCc1cc(C(=O)N(C)Cc2ccccc2)cc(NC)n1. The van der Waals surface area contributed by atoms with Crippen molar-refractivity contribution in [1.29, 1.82) is 0 Å². The van der Waals surface area contributed by atoms with Crippen LogP contribution in [0.15, 0.2) is 42.5 Å². The van der Waals surface area contributed by atoms with Crippen molar-refractivity contribution in [3.8, 4) is 0 Å². The molecule has 0 radical (unpaired) electrons. The Bertz CT molecular complexity index is 588. The molecule has 0 spiro atoms. The summed E-state index contributed by atoms with van der Waals surface area (Å²) in [5, 5.41) is 3.00. The number of hydrogen-bond acceptors (Lipinski definition) is 3. The van der Waals surface area contributed by atoms with E-state index in [1.165, 1.54) is 0 Å². The monoisotopic (exact) mass is 283 g/mol. The van der Waals surface area contributed by atoms with Crippen molar-refractivity contribution in [1.82, 2.24) is 9.88 Å². The molecule has 0 aliphatic rings. The number of pyridine rings is 1. The third-order valence-corrected chi connectivity index (χ3v) is 3.35. The lowest BCUT2D eigenvalue weighted by Gasteiger charge is -2.18. The summed E-state index contributed by atoms with van der Waals surface area (Å²) in [4.78, 5) is 18.7. The Labute approximate surface area is 125 Å². The third kappa shape index (κ3) is 3.81. The second-order valence-electron chi connectivity index (χ2n) is 4.98. The Balaban J connectivity index is 2.19. The van der Waals surface area contributed by atoms with Crippen LogP contribution in [-0.2, 0) is 13.0 Å². The topological polar surface area (TPSA) is 45.2 Å². The van der Waals surface area contributed by atoms with Crippen LogP contribution in [-0.4, -0.2) is 29.9 Å². The predicted molar refractivity (Wildman–Crippen MR) is 85.4 cm³/mol. The van der Waals surface area contributed by atoms with E-state index in [0.717, 1.165) is 23.5 Å². The van der Waals surface area contributed by atoms with Gasteiger partial charge in [-0.25, -0.2) is 4.98 Å². The number of aryl methyl sites for hydroxylation is 1. The number of rotatable bonds is 5. The minimum atomic E-state index is 0.00690. The molecular formula is C17H21N3O. The first-order valence-electron chi connectivity index (χ1n) is 7.12. The molecule has 2 rings (SSSR count). The molecule has 0 unspecified atom stereocenters. The molecule has 1 aromatic carbocycles. The summed E-state index contributed by atoms with van der Waals surface area (Å²) in [6.45, 7) is 2.63. The van der Waals surface area contributed by atoms with E-state index in [1.807, 2.05) is 57.4 Å². The van der Waals surface area contributed by atoms with Gasteiger partial charge >= 0.3 is 0 Å². The van der Waals surface area contributed by atoms with Crippen LogP contribution in [0.1, 0.15) is 28.5 Å². The van der Waals surface area contributed by atoms with Crippen LogP contribution in [0.25, 0.3) is 0 Å². The molecule has 2 aromatic rings. The Morgan fingerprint density at radius 3 is 2.57 bits per heavy atom. The zero-order valence-corrected chi connectivity index (χ0v) is 12.8. The molecule has 0 bridgehead atoms. The van der Waals surface area contributed by atoms with E-state index in [-0.39, 0.29) is 5.91 Å². The van der Waals surface area contributed by atoms with Crippen LogP contribution >= 0.6 is 0 Å². The molecule has 0 saturated carbocycles. The maximum Gasteiger partial charge on any atom is 0.254 e. The smallest absolute Gasteiger partial charge is 0.254 e. The summed E-state index contributed by atoms with van der Waals surface area (Å²) < 4.78 is 0. The molecule has 0 aliphatic heterocycles. The van der Waals surface area contributed by atoms with Gasteiger partial charge in [0.1, 0.15) is 5.82 Å². The second kappa shape index (κ2) is 6.88. The number of carbonyl (C=O) groups excluding carboxylic acids is 1. The van der Waals surface area contributed by atoms with Crippen molar-refractivity contribution in [2.45, 2.75) is 19.9 Å². The van der Waals surface area contributed by atoms with E-state index in [1.54, 1.807) is 11.0 Å². The maximum absolute atomic E-state index is 12.6. The van der Waals surface area contributed by atoms with Crippen LogP contribution in [0.4, 0.5) is 5.82 Å². The van der Waals surface area contributed by atoms with E-state index in [0.29, 0.717) is 12.1 Å². The zero-order valence-electron chi connectivity index (χ0n) is 12.8. The molecule has 4 nitrogen and oxygen atoms in total. The predicted octanol–water partition coefficient (Wildman–Crippen LogP) is 2.96. The van der Waals surface area contributed by atoms with Crippen molar-refractivity contribution in [3.63, 3.8) is 0 Å². The normalized spacial score (nSPS) is 10.2. The van der Waals surface area contributed by atoms with Crippen molar-refractivity contribution < 1.29 is 4.79 Å². The average molecular weight is 283 g/mol. The number of amides is 1. The lowest BCUT2D eigenvalue weighted by atomic mass is 10.1. The first-order valence-corrected chi connectivity index (χ1v) is 7.12. The summed E-state index contributed by atoms with van der Waals surface area (Å²) in [5.41, 5.74) is 2.70. The number of carbonyl (C=O) groups is 1. The van der Waals surface area contributed by atoms with Gasteiger partial charge in [0.2, 0.25) is 0 Å². The fraction of sp³-hybridized carbons (Fsp3) is 0.294. The zero-order chi connectivity index (χ0) is 15.2. The molecule has 21 heavy (non-hydrogen) atoms. The van der Waals surface area contributed by atoms with Gasteiger partial charge in [-0.05, 0) is 24.1 Å². The van der Waals surface area contributed by atoms with E-state index >= 15 is 0 Å². The number of hydrogen-bond donors (Lipinski definition) is 1. The highest BCUT2D eigenvalue weighted by molar-refractivity contribution is 5.94. The lowest BCUT2D eigenvalue weighted by molar-refractivity contribution is 0.0785. The van der Waals surface area contributed by atoms with Gasteiger partial charge in [0, 0.05) is 31.9 Å². The summed E-state index contributed by atoms with van der Waals surface area (Å²) in [7, 11) is 3.63. The number of nitrogens with zero attached hydrogens (tertiary/aromatic N) is 2. The van der Waals surface area contributed by atoms with Gasteiger partial charge < -0.3 is 10.2 Å². The molecule has 1 N–H and O–H groups in total. The molecule has 110 valence electrons. The Kier molecular flexibility index (Phi) is 4.93. The van der Waals surface area contributed by atoms with Crippen molar-refractivity contribution in [3.05, 3.63) is 59.3 Å². The lowest BCUT2D eigenvalue weighted by Crippen LogP contribution is -2.26. The Morgan fingerprint density at radius 1 is 1.24 bits per heavy atom. The minimum Gasteiger partial charge on any atom is -0.373 e. The summed E-state index contributed by atoms with van der Waals surface area (Å²) >= 11 is 0. The molecule has 0 atom stereocenters. The number of benzene rings is 1. The fourth-order valence-electron chi connectivity index (χ4n) is 2.17. The maximum atomic E-state index is 12.6. The van der Waals surface area contributed by atoms with Gasteiger partial charge in [-0.1, -0.05) is 37.3 Å². The largest absolute Gasteiger partial charge is 0.373 e. The minimum absolute atomic E-state index is 0.00690. The van der Waals surface area contributed by atoms with E-state index in [9.17, 15) is 4.79 Å². The Morgan fingerprint density at radius 2 is 1.95 bits per heavy atom. The van der Waals surface area contributed by atoms with Gasteiger partial charge in [0.25, 0.3) is 5.91 Å². The highest BCUT2D eigenvalue weighted by Crippen LogP contribution is 2.14. The van der Waals surface area contributed by atoms with E-state index < -0.39 is 0 Å². The highest BCUT2D eigenvalue weighted by atomic mass is 16.2. The van der Waals surface area contributed by atoms with Gasteiger partial charge in [-0.2, -0.15) is 0 Å². The van der Waals surface area contributed by atoms with Crippen LogP contribution in [0.2, 0.25) is 0 Å². The van der Waals surface area contributed by atoms with Crippen molar-refractivity contribution >= 4 is 11.7 Å². The van der Waals surface area contributed by atoms with Crippen LogP contribution < -0.4 is 5.32 Å². The molecule has 0 saturated heterocycles. The van der Waals surface area contributed by atoms with Gasteiger partial charge in [-0.15, -0.1) is 0 Å². The van der Waals surface area contributed by atoms with E-state index in [4.69, 9.17) is 0 Å². The van der Waals surface area contributed by atoms with Gasteiger partial charge in [0.05, 0.1) is 0 Å². The van der Waals surface area contributed by atoms with Crippen molar-refractivity contribution in [2.24, 2.45) is 0 Å². The van der Waals surface area contributed by atoms with E-state index in [2.05, 4.69) is 10.3 Å². The van der Waals surface area contributed by atoms with Crippen LogP contribution in [0.5, 0.6) is 0 Å². The quantitative estimate of drug-likeness (QED) is 0.917. The van der Waals surface area contributed by atoms with Gasteiger partial charge in [-0.3, -0.25) is 4.79 Å². The number of nitrogens with one attached hydrogen (secondary N) is 1. The second-order valence-corrected chi connectivity index (χ2v) is 4.98. The molecule has 1 amide bonds. The molecule has 4 heteroatoms. The number of anilines is 1. The molecular weight excluding hydrogens is 262 g/mol. The first kappa shape index (κ1) is 15.0. The molecule has 0 aliphatic carbocycles. The van der Waals surface area contributed by atoms with Crippen LogP contribution in [0.3, 0.4) is 0 Å². The summed E-state index contributed by atoms with van der Waals surface area (Å²) in [5.74, 6) is 0.735. The van der Waals surface area contributed by atoms with Crippen molar-refractivity contribution in [2.75, 3.05) is 19.4 Å². The fourth-order valence-corrected chi connectivity index (χ4v) is 2.17. The molecule has 0 fully saturated rings. The first-order chi connectivity index (χ1) is 10.1. The molecule has 1 aromatic heterocycles. The van der Waals surface area contributed by atoms with Gasteiger partial charge in [0.15, 0.2) is 0 Å². The standard InChI is InChI=1S/C17H21N3O/c1-4-15-10-14(11-16(18-2)19-15)17(21)20(3)12-13-8-6-5-7-9-13/h5-11H,4,12H2,1-3H3,(H,18,19). The van der Waals surface area contributed by atoms with Crippen LogP contribution in [0, 0.1) is 0 Å². The highest BCUT2D eigenvalue weighted by Gasteiger charge is 2.14. The third-order valence-electron chi connectivity index (χ3n) is 3.35. The average Bonchev–Trinajstić information content (AvgIpc) is 2.54.